The summed E-state index contributed by atoms with van der Waals surface area (Å²) in [6, 6.07) is 18.0. The summed E-state index contributed by atoms with van der Waals surface area (Å²) in [5.74, 6) is 1.50. The lowest BCUT2D eigenvalue weighted by Crippen LogP contribution is -2.22. The van der Waals surface area contributed by atoms with E-state index < -0.39 is 0 Å². The number of rotatable bonds is 1. The van der Waals surface area contributed by atoms with Crippen LogP contribution in [0.1, 0.15) is 47.8 Å². The van der Waals surface area contributed by atoms with Gasteiger partial charge in [0.05, 0.1) is 0 Å². The van der Waals surface area contributed by atoms with E-state index in [4.69, 9.17) is 0 Å². The molecule has 0 aromatic heterocycles. The fourth-order valence-corrected chi connectivity index (χ4v) is 7.36. The van der Waals surface area contributed by atoms with Crippen molar-refractivity contribution in [2.75, 3.05) is 0 Å². The molecule has 0 saturated carbocycles. The number of hydrogen-bond donors (Lipinski definition) is 0. The summed E-state index contributed by atoms with van der Waals surface area (Å²) >= 11 is 1.97. The molecular formula is C30H24S. The maximum atomic E-state index is 2.56. The van der Waals surface area contributed by atoms with Gasteiger partial charge in [0.2, 0.25) is 0 Å². The lowest BCUT2D eigenvalue weighted by atomic mass is 9.66. The predicted molar refractivity (Wildman–Crippen MR) is 131 cm³/mol. The fraction of sp³-hybridized carbons (Fsp3) is 0.200. The van der Waals surface area contributed by atoms with Crippen molar-refractivity contribution in [1.82, 2.24) is 0 Å². The Morgan fingerprint density at radius 1 is 0.742 bits per heavy atom. The summed E-state index contributed by atoms with van der Waals surface area (Å²) in [7, 11) is 0. The van der Waals surface area contributed by atoms with Crippen LogP contribution >= 0.6 is 11.8 Å². The summed E-state index contributed by atoms with van der Waals surface area (Å²) in [5.41, 5.74) is 10.8. The van der Waals surface area contributed by atoms with E-state index in [0.717, 1.165) is 19.3 Å². The Hall–Kier alpha value is -2.77. The maximum absolute atomic E-state index is 2.56. The van der Waals surface area contributed by atoms with Crippen molar-refractivity contribution in [3.63, 3.8) is 0 Å². The molecule has 1 heterocycles. The van der Waals surface area contributed by atoms with E-state index >= 15 is 0 Å². The lowest BCUT2D eigenvalue weighted by Gasteiger charge is -2.37. The van der Waals surface area contributed by atoms with Gasteiger partial charge in [-0.2, -0.15) is 0 Å². The highest BCUT2D eigenvalue weighted by Gasteiger charge is 2.36. The number of thioether (sulfide) groups is 1. The molecule has 1 heteroatoms. The highest BCUT2D eigenvalue weighted by atomic mass is 32.2. The molecule has 0 radical (unpaired) electrons. The van der Waals surface area contributed by atoms with E-state index in [-0.39, 0.29) is 0 Å². The Kier molecular flexibility index (Phi) is 3.96. The van der Waals surface area contributed by atoms with Gasteiger partial charge < -0.3 is 0 Å². The number of hydrogen-bond acceptors (Lipinski definition) is 1. The van der Waals surface area contributed by atoms with Crippen LogP contribution in [-0.4, -0.2) is 0 Å². The van der Waals surface area contributed by atoms with Crippen molar-refractivity contribution in [2.45, 2.75) is 36.0 Å². The Morgan fingerprint density at radius 3 is 2.48 bits per heavy atom. The van der Waals surface area contributed by atoms with Gasteiger partial charge in [-0.25, -0.2) is 0 Å². The second-order valence-electron chi connectivity index (χ2n) is 9.17. The molecule has 1 aliphatic heterocycles. The molecule has 2 aromatic carbocycles. The summed E-state index contributed by atoms with van der Waals surface area (Å²) in [4.78, 5) is 2.97. The first-order chi connectivity index (χ1) is 15.4. The quantitative estimate of drug-likeness (QED) is 0.452. The molecule has 0 nitrogen and oxygen atoms in total. The monoisotopic (exact) mass is 416 g/mol. The predicted octanol–water partition coefficient (Wildman–Crippen LogP) is 8.10. The fourth-order valence-electron chi connectivity index (χ4n) is 6.14. The minimum Gasteiger partial charge on any atom is -0.0936 e. The Balaban J connectivity index is 1.29. The third-order valence-electron chi connectivity index (χ3n) is 7.61. The molecule has 0 N–H and O–H groups in total. The molecule has 2 aromatic rings. The van der Waals surface area contributed by atoms with Crippen LogP contribution in [0.4, 0.5) is 0 Å². The Morgan fingerprint density at radius 2 is 1.55 bits per heavy atom. The molecule has 0 bridgehead atoms. The second kappa shape index (κ2) is 6.87. The molecule has 0 spiro atoms. The number of allylic oxidation sites excluding steroid dienone is 12. The second-order valence-corrected chi connectivity index (χ2v) is 10.3. The summed E-state index contributed by atoms with van der Waals surface area (Å²) in [6.07, 6.45) is 20.1. The molecule has 3 atom stereocenters. The molecule has 7 rings (SSSR count). The zero-order valence-electron chi connectivity index (χ0n) is 17.4. The van der Waals surface area contributed by atoms with Gasteiger partial charge in [-0.05, 0) is 69.2 Å². The first kappa shape index (κ1) is 17.9. The molecule has 150 valence electrons. The molecule has 5 aliphatic rings. The molecule has 4 aliphatic carbocycles. The van der Waals surface area contributed by atoms with E-state index in [1.807, 2.05) is 11.8 Å². The van der Waals surface area contributed by atoms with Gasteiger partial charge in [0.15, 0.2) is 0 Å². The third kappa shape index (κ3) is 2.69. The van der Waals surface area contributed by atoms with Crippen LogP contribution < -0.4 is 0 Å². The molecule has 31 heavy (non-hydrogen) atoms. The van der Waals surface area contributed by atoms with Crippen molar-refractivity contribution in [3.8, 4) is 0 Å². The number of fused-ring (bicyclic) bond motifs is 8. The molecule has 0 saturated heterocycles. The summed E-state index contributed by atoms with van der Waals surface area (Å²) < 4.78 is 0. The van der Waals surface area contributed by atoms with Crippen molar-refractivity contribution >= 4 is 17.3 Å². The van der Waals surface area contributed by atoms with E-state index in [0.29, 0.717) is 17.8 Å². The summed E-state index contributed by atoms with van der Waals surface area (Å²) in [5, 5.41) is 0. The van der Waals surface area contributed by atoms with E-state index in [1.54, 1.807) is 22.3 Å². The Bertz CT molecular complexity index is 1290. The van der Waals surface area contributed by atoms with Crippen LogP contribution in [0.15, 0.2) is 118 Å². The average molecular weight is 417 g/mol. The van der Waals surface area contributed by atoms with Crippen molar-refractivity contribution in [3.05, 3.63) is 129 Å². The average Bonchev–Trinajstić information content (AvgIpc) is 3.22. The summed E-state index contributed by atoms with van der Waals surface area (Å²) in [6.45, 7) is 0. The van der Waals surface area contributed by atoms with Crippen LogP contribution in [0.2, 0.25) is 0 Å². The zero-order valence-corrected chi connectivity index (χ0v) is 18.2. The van der Waals surface area contributed by atoms with Crippen LogP contribution in [0.5, 0.6) is 0 Å². The van der Waals surface area contributed by atoms with Gasteiger partial charge in [0.1, 0.15) is 0 Å². The molecule has 0 fully saturated rings. The third-order valence-corrected chi connectivity index (χ3v) is 8.86. The SMILES string of the molecule is C1=CC2C3=C(CCC(C4=CC=C5Sc6ccccc6C5C4)=C3)c3ccccc3C2C=C1. The van der Waals surface area contributed by atoms with Crippen LogP contribution in [0.3, 0.4) is 0 Å². The first-order valence-electron chi connectivity index (χ1n) is 11.4. The van der Waals surface area contributed by atoms with Crippen molar-refractivity contribution < 1.29 is 0 Å². The lowest BCUT2D eigenvalue weighted by molar-refractivity contribution is 0.652. The number of benzene rings is 2. The van der Waals surface area contributed by atoms with Gasteiger partial charge >= 0.3 is 0 Å². The smallest absolute Gasteiger partial charge is 0.0204 e. The van der Waals surface area contributed by atoms with Gasteiger partial charge in [-0.15, -0.1) is 0 Å². The van der Waals surface area contributed by atoms with Crippen LogP contribution in [-0.2, 0) is 0 Å². The Labute approximate surface area is 188 Å². The molecule has 0 amide bonds. The highest BCUT2D eigenvalue weighted by molar-refractivity contribution is 8.03. The highest BCUT2D eigenvalue weighted by Crippen LogP contribution is 2.55. The van der Waals surface area contributed by atoms with Crippen LogP contribution in [0.25, 0.3) is 5.57 Å². The van der Waals surface area contributed by atoms with Crippen LogP contribution in [0, 0.1) is 5.92 Å². The van der Waals surface area contributed by atoms with Gasteiger partial charge in [0, 0.05) is 22.6 Å². The normalized spacial score (nSPS) is 27.4. The van der Waals surface area contributed by atoms with E-state index in [1.165, 1.54) is 26.5 Å². The zero-order chi connectivity index (χ0) is 20.4. The molecular weight excluding hydrogens is 392 g/mol. The van der Waals surface area contributed by atoms with Crippen molar-refractivity contribution in [2.24, 2.45) is 5.92 Å². The van der Waals surface area contributed by atoms with Crippen molar-refractivity contribution in [1.29, 1.82) is 0 Å². The van der Waals surface area contributed by atoms with Gasteiger partial charge in [-0.1, -0.05) is 96.8 Å². The molecule has 3 unspecified atom stereocenters. The van der Waals surface area contributed by atoms with Gasteiger partial charge in [0.25, 0.3) is 0 Å². The topological polar surface area (TPSA) is 0 Å². The minimum absolute atomic E-state index is 0.473. The van der Waals surface area contributed by atoms with E-state index in [2.05, 4.69) is 91.1 Å². The van der Waals surface area contributed by atoms with E-state index in [9.17, 15) is 0 Å². The van der Waals surface area contributed by atoms with Gasteiger partial charge in [-0.3, -0.25) is 0 Å². The minimum atomic E-state index is 0.473. The standard InChI is InChI=1S/C30H24S/c1-2-9-23-21(7-1)22-8-3-4-10-24(22)27-17-19(13-15-25(23)27)20-14-16-30-28(18-20)26-11-5-6-12-29(26)31-30/h1-12,14,16-17,22,24,28H,13,15,18H2. The first-order valence-corrected chi connectivity index (χ1v) is 12.2. The largest absolute Gasteiger partial charge is 0.0936 e. The maximum Gasteiger partial charge on any atom is 0.0204 e.